The molecule has 17 heavy (non-hydrogen) atoms. The molecule has 4 aliphatic heterocycles. The molecule has 1 N–H and O–H groups in total. The van der Waals surface area contributed by atoms with Crippen LogP contribution in [0.4, 0.5) is 0 Å². The van der Waals surface area contributed by atoms with Gasteiger partial charge in [-0.3, -0.25) is 0 Å². The number of hydrogen-bond donors (Lipinski definition) is 1. The Morgan fingerprint density at radius 2 is 1.82 bits per heavy atom. The van der Waals surface area contributed by atoms with Crippen molar-refractivity contribution in [2.45, 2.75) is 26.4 Å². The summed E-state index contributed by atoms with van der Waals surface area (Å²) in [6.07, 6.45) is 3.27. The zero-order chi connectivity index (χ0) is 12.0. The number of piperidine rings is 2. The molecular weight excluding hydrogens is 212 g/mol. The van der Waals surface area contributed by atoms with Crippen molar-refractivity contribution < 1.29 is 5.11 Å². The Balaban J connectivity index is 1.89. The van der Waals surface area contributed by atoms with Crippen LogP contribution in [0.1, 0.15) is 20.3 Å². The van der Waals surface area contributed by atoms with E-state index in [1.807, 2.05) is 0 Å². The summed E-state index contributed by atoms with van der Waals surface area (Å²) in [5, 5.41) is 10.6. The number of nitrogens with zero attached hydrogens (tertiary/aromatic N) is 2. The molecule has 4 heterocycles. The van der Waals surface area contributed by atoms with Crippen molar-refractivity contribution >= 4 is 0 Å². The second-order valence-corrected chi connectivity index (χ2v) is 6.52. The number of rotatable bonds is 2. The quantitative estimate of drug-likeness (QED) is 0.723. The molecule has 4 aliphatic rings. The van der Waals surface area contributed by atoms with Crippen LogP contribution in [0.25, 0.3) is 0 Å². The van der Waals surface area contributed by atoms with Crippen LogP contribution in [-0.2, 0) is 0 Å². The Hall–Kier alpha value is -0.380. The maximum atomic E-state index is 10.6. The first-order valence-electron chi connectivity index (χ1n) is 6.85. The molecule has 4 bridgehead atoms. The highest BCUT2D eigenvalue weighted by molar-refractivity contribution is 5.10. The molecule has 3 nitrogen and oxygen atoms in total. The summed E-state index contributed by atoms with van der Waals surface area (Å²) in [7, 11) is 0. The molecule has 4 fully saturated rings. The molecule has 0 spiro atoms. The summed E-state index contributed by atoms with van der Waals surface area (Å²) in [5.41, 5.74) is 1.48. The summed E-state index contributed by atoms with van der Waals surface area (Å²) >= 11 is 0. The minimum atomic E-state index is -0.0938. The summed E-state index contributed by atoms with van der Waals surface area (Å²) in [6.45, 7) is 11.1. The lowest BCUT2D eigenvalue weighted by atomic mass is 9.68. The number of aliphatic hydroxyl groups is 1. The Morgan fingerprint density at radius 1 is 1.24 bits per heavy atom. The molecule has 0 aliphatic carbocycles. The molecule has 2 unspecified atom stereocenters. The smallest absolute Gasteiger partial charge is 0.0676 e. The van der Waals surface area contributed by atoms with Gasteiger partial charge in [0, 0.05) is 50.6 Å². The molecule has 4 rings (SSSR count). The van der Waals surface area contributed by atoms with Crippen LogP contribution in [-0.4, -0.2) is 60.3 Å². The summed E-state index contributed by atoms with van der Waals surface area (Å²) in [6, 6.07) is 0. The lowest BCUT2D eigenvalue weighted by molar-refractivity contribution is -0.114. The third-order valence-electron chi connectivity index (χ3n) is 4.79. The highest BCUT2D eigenvalue weighted by Gasteiger charge is 2.52. The van der Waals surface area contributed by atoms with Gasteiger partial charge in [-0.05, 0) is 20.3 Å². The average molecular weight is 236 g/mol. The molecule has 0 aromatic rings. The van der Waals surface area contributed by atoms with E-state index in [9.17, 15) is 5.11 Å². The number of fused-ring (bicyclic) bond motifs is 1. The molecule has 0 amide bonds. The normalized spacial score (nSPS) is 47.9. The third-order valence-corrected chi connectivity index (χ3v) is 4.79. The molecule has 0 saturated carbocycles. The first kappa shape index (κ1) is 11.7. The summed E-state index contributed by atoms with van der Waals surface area (Å²) < 4.78 is 0. The van der Waals surface area contributed by atoms with Gasteiger partial charge in [-0.25, -0.2) is 0 Å². The minimum Gasteiger partial charge on any atom is -0.392 e. The van der Waals surface area contributed by atoms with Crippen molar-refractivity contribution in [1.29, 1.82) is 0 Å². The van der Waals surface area contributed by atoms with Crippen LogP contribution in [0, 0.1) is 11.3 Å². The van der Waals surface area contributed by atoms with E-state index in [2.05, 4.69) is 29.7 Å². The Morgan fingerprint density at radius 3 is 2.35 bits per heavy atom. The van der Waals surface area contributed by atoms with Gasteiger partial charge in [0.2, 0.25) is 0 Å². The molecule has 96 valence electrons. The largest absolute Gasteiger partial charge is 0.392 e. The summed E-state index contributed by atoms with van der Waals surface area (Å²) in [4.78, 5) is 5.15. The summed E-state index contributed by atoms with van der Waals surface area (Å²) in [5.74, 6) is 0.477. The number of hydrogen-bond acceptors (Lipinski definition) is 3. The molecule has 0 aromatic heterocycles. The first-order valence-corrected chi connectivity index (χ1v) is 6.85. The Labute approximate surface area is 104 Å². The van der Waals surface area contributed by atoms with Crippen LogP contribution in [0.2, 0.25) is 0 Å². The lowest BCUT2D eigenvalue weighted by Crippen LogP contribution is -2.63. The van der Waals surface area contributed by atoms with Crippen molar-refractivity contribution in [2.75, 3.05) is 39.3 Å². The fourth-order valence-electron chi connectivity index (χ4n) is 3.96. The van der Waals surface area contributed by atoms with Crippen molar-refractivity contribution in [3.05, 3.63) is 11.6 Å². The second-order valence-electron chi connectivity index (χ2n) is 6.52. The van der Waals surface area contributed by atoms with Crippen LogP contribution < -0.4 is 0 Å². The van der Waals surface area contributed by atoms with E-state index in [1.165, 1.54) is 18.7 Å². The zero-order valence-electron chi connectivity index (χ0n) is 11.0. The standard InChI is InChI=1S/C14H24N2O/c1-11(2)3-4-14-9-15-5-6-16(10-14)8-12(7-15)13(14)17/h3,12-13,17H,4-10H2,1-2H3/t12?,13-,14?/m1/s1. The van der Waals surface area contributed by atoms with Crippen molar-refractivity contribution in [1.82, 2.24) is 9.80 Å². The minimum absolute atomic E-state index is 0.0938. The lowest BCUT2D eigenvalue weighted by Gasteiger charge is -2.53. The van der Waals surface area contributed by atoms with Gasteiger partial charge >= 0.3 is 0 Å². The van der Waals surface area contributed by atoms with E-state index in [4.69, 9.17) is 0 Å². The molecule has 0 aromatic carbocycles. The van der Waals surface area contributed by atoms with E-state index in [0.29, 0.717) is 5.92 Å². The van der Waals surface area contributed by atoms with E-state index in [1.54, 1.807) is 0 Å². The van der Waals surface area contributed by atoms with Crippen molar-refractivity contribution in [3.8, 4) is 0 Å². The predicted molar refractivity (Wildman–Crippen MR) is 68.9 cm³/mol. The average Bonchev–Trinajstić information content (AvgIpc) is 2.51. The van der Waals surface area contributed by atoms with Gasteiger partial charge in [0.1, 0.15) is 0 Å². The van der Waals surface area contributed by atoms with Crippen molar-refractivity contribution in [2.24, 2.45) is 11.3 Å². The van der Waals surface area contributed by atoms with Crippen LogP contribution in [0.3, 0.4) is 0 Å². The van der Waals surface area contributed by atoms with Gasteiger partial charge in [-0.2, -0.15) is 0 Å². The van der Waals surface area contributed by atoms with Crippen LogP contribution in [0.15, 0.2) is 11.6 Å². The van der Waals surface area contributed by atoms with Gasteiger partial charge in [-0.1, -0.05) is 11.6 Å². The molecule has 4 saturated heterocycles. The molecule has 3 heteroatoms. The third kappa shape index (κ3) is 1.94. The second kappa shape index (κ2) is 4.08. The van der Waals surface area contributed by atoms with Gasteiger partial charge in [-0.15, -0.1) is 0 Å². The van der Waals surface area contributed by atoms with E-state index in [0.717, 1.165) is 32.6 Å². The monoisotopic (exact) mass is 236 g/mol. The maximum absolute atomic E-state index is 10.6. The molecule has 3 atom stereocenters. The number of aliphatic hydroxyl groups excluding tert-OH is 1. The van der Waals surface area contributed by atoms with E-state index >= 15 is 0 Å². The van der Waals surface area contributed by atoms with Gasteiger partial charge in [0.15, 0.2) is 0 Å². The Bertz CT molecular complexity index is 319. The van der Waals surface area contributed by atoms with Crippen LogP contribution in [0.5, 0.6) is 0 Å². The molecular formula is C14H24N2O. The highest BCUT2D eigenvalue weighted by atomic mass is 16.3. The zero-order valence-corrected chi connectivity index (χ0v) is 11.0. The fourth-order valence-corrected chi connectivity index (χ4v) is 3.96. The van der Waals surface area contributed by atoms with E-state index in [-0.39, 0.29) is 11.5 Å². The number of allylic oxidation sites excluding steroid dienone is 2. The Kier molecular flexibility index (Phi) is 2.80. The van der Waals surface area contributed by atoms with Gasteiger partial charge < -0.3 is 14.9 Å². The predicted octanol–water partition coefficient (Wildman–Crippen LogP) is 0.951. The first-order chi connectivity index (χ1) is 8.09. The van der Waals surface area contributed by atoms with Crippen LogP contribution >= 0.6 is 0 Å². The van der Waals surface area contributed by atoms with E-state index < -0.39 is 0 Å². The maximum Gasteiger partial charge on any atom is 0.0676 e. The fraction of sp³-hybridized carbons (Fsp3) is 0.857. The van der Waals surface area contributed by atoms with Gasteiger partial charge in [0.05, 0.1) is 6.10 Å². The SMILES string of the molecule is CC(C)=CCC12CN3CCN(CC(C3)[C@H]1O)C2. The topological polar surface area (TPSA) is 26.7 Å². The highest BCUT2D eigenvalue weighted by Crippen LogP contribution is 2.43. The molecule has 0 radical (unpaired) electrons. The van der Waals surface area contributed by atoms with Crippen molar-refractivity contribution in [3.63, 3.8) is 0 Å². The van der Waals surface area contributed by atoms with Gasteiger partial charge in [0.25, 0.3) is 0 Å².